The molecule has 4 N–H and O–H groups in total. The SMILES string of the molecule is CC(=O)OCC1O[C@@H](OCCOCCOCCNC(=O)c2cc(N)cc(C(=O)NCCOCCOCCO[C@@H]3OC(COC(C)=O)[C@H](OC(C)=O)C(OC(C)=O)C3N(C)C(C)=O)c2)C(N(C)C(C)=O)CC(OC(C)=O)[C@H]1OC(C)=O. The van der Waals surface area contributed by atoms with Gasteiger partial charge < -0.3 is 92.5 Å². The number of nitrogen functional groups attached to an aromatic ring is 1. The number of nitrogens with one attached hydrogen (secondary N) is 2. The minimum absolute atomic E-state index is 0.0301. The van der Waals surface area contributed by atoms with E-state index in [1.54, 1.807) is 0 Å². The van der Waals surface area contributed by atoms with Gasteiger partial charge in [-0.1, -0.05) is 0 Å². The van der Waals surface area contributed by atoms with E-state index < -0.39 is 115 Å². The molecule has 6 unspecified atom stereocenters. The summed E-state index contributed by atoms with van der Waals surface area (Å²) >= 11 is 0. The molecule has 2 heterocycles. The highest BCUT2D eigenvalue weighted by Gasteiger charge is 2.53. The van der Waals surface area contributed by atoms with Crippen LogP contribution in [0.3, 0.4) is 0 Å². The summed E-state index contributed by atoms with van der Waals surface area (Å²) in [6, 6.07) is 2.32. The number of likely N-dealkylation sites (N-methyl/N-ethyl adjacent to an activating group) is 2. The number of carbonyl (C=O) groups excluding carboxylic acids is 10. The summed E-state index contributed by atoms with van der Waals surface area (Å²) in [6.07, 6.45) is -9.49. The monoisotopic (exact) mass is 1140 g/mol. The van der Waals surface area contributed by atoms with Crippen LogP contribution in [0.5, 0.6) is 0 Å². The highest BCUT2D eigenvalue weighted by Crippen LogP contribution is 2.32. The molecule has 0 radical (unpaired) electrons. The quantitative estimate of drug-likeness (QED) is 0.0345. The standard InChI is InChI=1S/C51H77N5O24/c1-29(57)55(9)40-26-41(75-33(5)61)45(76-34(6)62)42(27-73-31(3)59)79-50(40)71-21-19-69-17-15-67-13-11-53-48(65)37-23-38(25-39(52)24-37)49(66)54-12-14-68-16-18-70-20-22-72-51-44(56(10)30(2)58)47(78-36(8)64)46(77-35(7)63)43(80-51)28-74-32(4)60/h23-25,40-47,50-51H,11-22,26-28,52H2,1-10H3,(H,53,65)(H,54,66)/t40?,41?,42?,43?,44?,45-,46+,47?,50-,51-/m1/s1. The molecule has 29 heteroatoms. The van der Waals surface area contributed by atoms with Gasteiger partial charge in [-0.15, -0.1) is 0 Å². The van der Waals surface area contributed by atoms with Crippen LogP contribution in [0.15, 0.2) is 18.2 Å². The zero-order chi connectivity index (χ0) is 59.5. The number of hydrogen-bond donors (Lipinski definition) is 3. The molecule has 2 saturated heterocycles. The molecule has 450 valence electrons. The van der Waals surface area contributed by atoms with Gasteiger partial charge in [-0.3, -0.25) is 47.9 Å². The van der Waals surface area contributed by atoms with Crippen molar-refractivity contribution in [2.75, 3.05) is 112 Å². The Kier molecular flexibility index (Phi) is 29.8. The fourth-order valence-electron chi connectivity index (χ4n) is 8.11. The van der Waals surface area contributed by atoms with Gasteiger partial charge in [0.25, 0.3) is 11.8 Å². The predicted octanol–water partition coefficient (Wildman–Crippen LogP) is -0.785. The van der Waals surface area contributed by atoms with Crippen LogP contribution in [0.4, 0.5) is 5.69 Å². The van der Waals surface area contributed by atoms with E-state index in [0.717, 1.165) is 20.8 Å². The molecule has 0 spiro atoms. The van der Waals surface area contributed by atoms with Gasteiger partial charge in [-0.25, -0.2) is 0 Å². The third kappa shape index (κ3) is 24.0. The van der Waals surface area contributed by atoms with Crippen LogP contribution in [0.1, 0.15) is 82.5 Å². The first-order valence-electron chi connectivity index (χ1n) is 25.6. The lowest BCUT2D eigenvalue weighted by atomic mass is 9.95. The van der Waals surface area contributed by atoms with Crippen molar-refractivity contribution in [3.8, 4) is 0 Å². The summed E-state index contributed by atoms with van der Waals surface area (Å²) in [4.78, 5) is 125. The Morgan fingerprint density at radius 2 is 0.900 bits per heavy atom. The molecule has 0 saturated carbocycles. The van der Waals surface area contributed by atoms with Crippen LogP contribution >= 0.6 is 0 Å². The average Bonchev–Trinajstić information content (AvgIpc) is 3.66. The number of ether oxygens (including phenoxy) is 14. The van der Waals surface area contributed by atoms with Gasteiger partial charge in [0.05, 0.1) is 72.1 Å². The van der Waals surface area contributed by atoms with E-state index >= 15 is 0 Å². The van der Waals surface area contributed by atoms with Crippen molar-refractivity contribution >= 4 is 65.1 Å². The smallest absolute Gasteiger partial charge is 0.303 e. The Hall–Kier alpha value is -6.60. The van der Waals surface area contributed by atoms with Crippen molar-refractivity contribution < 1.29 is 114 Å². The molecule has 2 aliphatic rings. The summed E-state index contributed by atoms with van der Waals surface area (Å²) in [7, 11) is 2.94. The van der Waals surface area contributed by atoms with Gasteiger partial charge >= 0.3 is 35.8 Å². The maximum absolute atomic E-state index is 13.0. The lowest BCUT2D eigenvalue weighted by Crippen LogP contribution is -2.66. The molecule has 80 heavy (non-hydrogen) atoms. The summed E-state index contributed by atoms with van der Waals surface area (Å²) < 4.78 is 78.8. The molecule has 0 bridgehead atoms. The van der Waals surface area contributed by atoms with Crippen LogP contribution in [0.2, 0.25) is 0 Å². The molecule has 0 aliphatic carbocycles. The molecule has 0 aromatic heterocycles. The Morgan fingerprint density at radius 3 is 1.35 bits per heavy atom. The zero-order valence-corrected chi connectivity index (χ0v) is 46.9. The topological polar surface area (TPSA) is 356 Å². The average molecular weight is 1140 g/mol. The van der Waals surface area contributed by atoms with E-state index in [-0.39, 0.29) is 122 Å². The van der Waals surface area contributed by atoms with Crippen molar-refractivity contribution in [2.24, 2.45) is 0 Å². The molecule has 1 aromatic rings. The number of amides is 4. The van der Waals surface area contributed by atoms with Gasteiger partial charge in [-0.05, 0) is 18.2 Å². The van der Waals surface area contributed by atoms with Gasteiger partial charge in [0.1, 0.15) is 37.6 Å². The third-order valence-corrected chi connectivity index (χ3v) is 11.8. The van der Waals surface area contributed by atoms with Crippen LogP contribution in [-0.2, 0) is 105 Å². The van der Waals surface area contributed by atoms with Crippen molar-refractivity contribution in [3.05, 3.63) is 29.3 Å². The van der Waals surface area contributed by atoms with E-state index in [1.165, 1.54) is 76.7 Å². The maximum atomic E-state index is 13.0. The maximum Gasteiger partial charge on any atom is 0.303 e. The third-order valence-electron chi connectivity index (χ3n) is 11.8. The number of nitrogens with two attached hydrogens (primary N) is 1. The van der Waals surface area contributed by atoms with E-state index in [1.807, 2.05) is 0 Å². The van der Waals surface area contributed by atoms with Gasteiger partial charge in [0.15, 0.2) is 30.9 Å². The first-order chi connectivity index (χ1) is 37.9. The number of benzene rings is 1. The van der Waals surface area contributed by atoms with Gasteiger partial charge in [-0.2, -0.15) is 0 Å². The molecule has 4 amide bonds. The highest BCUT2D eigenvalue weighted by molar-refractivity contribution is 6.01. The highest BCUT2D eigenvalue weighted by atomic mass is 16.7. The van der Waals surface area contributed by atoms with E-state index in [9.17, 15) is 47.9 Å². The number of rotatable bonds is 32. The second kappa shape index (κ2) is 35.2. The predicted molar refractivity (Wildman–Crippen MR) is 273 cm³/mol. The Morgan fingerprint density at radius 1 is 0.500 bits per heavy atom. The van der Waals surface area contributed by atoms with Crippen LogP contribution in [0, 0.1) is 0 Å². The number of carbonyl (C=O) groups is 10. The van der Waals surface area contributed by atoms with E-state index in [2.05, 4.69) is 10.6 Å². The Balaban J connectivity index is 1.38. The number of anilines is 1. The minimum atomic E-state index is -1.26. The van der Waals surface area contributed by atoms with E-state index in [4.69, 9.17) is 72.0 Å². The molecule has 1 aromatic carbocycles. The molecular weight excluding hydrogens is 1070 g/mol. The molecule has 29 nitrogen and oxygen atoms in total. The first-order valence-corrected chi connectivity index (χ1v) is 25.6. The van der Waals surface area contributed by atoms with Crippen molar-refractivity contribution in [3.63, 3.8) is 0 Å². The molecule has 2 fully saturated rings. The molecule has 2 aliphatic heterocycles. The summed E-state index contributed by atoms with van der Waals surface area (Å²) in [5.41, 5.74) is 6.48. The summed E-state index contributed by atoms with van der Waals surface area (Å²) in [5, 5.41) is 5.41. The first kappa shape index (κ1) is 67.7. The molecule has 3 rings (SSSR count). The second-order valence-corrected chi connectivity index (χ2v) is 18.2. The number of nitrogens with zero attached hydrogens (tertiary/aromatic N) is 2. The zero-order valence-electron chi connectivity index (χ0n) is 46.9. The van der Waals surface area contributed by atoms with Crippen molar-refractivity contribution in [1.29, 1.82) is 0 Å². The number of esters is 6. The summed E-state index contributed by atoms with van der Waals surface area (Å²) in [6.45, 7) is 9.78. The number of hydrogen-bond acceptors (Lipinski definition) is 25. The normalized spacial score (nSPS) is 22.5. The van der Waals surface area contributed by atoms with Gasteiger partial charge in [0.2, 0.25) is 11.8 Å². The van der Waals surface area contributed by atoms with Crippen LogP contribution in [-0.4, -0.2) is 237 Å². The van der Waals surface area contributed by atoms with Crippen LogP contribution < -0.4 is 16.4 Å². The van der Waals surface area contributed by atoms with Crippen LogP contribution in [0.25, 0.3) is 0 Å². The lowest BCUT2D eigenvalue weighted by Gasteiger charge is -2.47. The molecular formula is C51H77N5O24. The minimum Gasteiger partial charge on any atom is -0.463 e. The Labute approximate surface area is 463 Å². The fourth-order valence-corrected chi connectivity index (χ4v) is 8.11. The summed E-state index contributed by atoms with van der Waals surface area (Å²) in [5.74, 6) is -5.93. The van der Waals surface area contributed by atoms with Crippen molar-refractivity contribution in [1.82, 2.24) is 20.4 Å². The van der Waals surface area contributed by atoms with Crippen molar-refractivity contribution in [2.45, 2.75) is 123 Å². The fraction of sp³-hybridized carbons (Fsp3) is 0.686. The van der Waals surface area contributed by atoms with Gasteiger partial charge in [0, 0.05) is 106 Å². The van der Waals surface area contributed by atoms with E-state index in [0.29, 0.717) is 0 Å². The molecule has 10 atom stereocenters. The Bertz CT molecular complexity index is 2240. The largest absolute Gasteiger partial charge is 0.463 e. The lowest BCUT2D eigenvalue weighted by molar-refractivity contribution is -0.291. The second-order valence-electron chi connectivity index (χ2n) is 18.2.